The Labute approximate surface area is 122 Å². The molecule has 2 rings (SSSR count). The van der Waals surface area contributed by atoms with Crippen LogP contribution in [0, 0.1) is 6.92 Å². The van der Waals surface area contributed by atoms with Crippen molar-refractivity contribution in [3.8, 4) is 6.01 Å². The summed E-state index contributed by atoms with van der Waals surface area (Å²) in [4.78, 5) is 12.7. The monoisotopic (exact) mass is 293 g/mol. The fourth-order valence-corrected chi connectivity index (χ4v) is 2.41. The number of aryl methyl sites for hydroxylation is 1. The number of hydrogen-bond donors (Lipinski definition) is 2. The Morgan fingerprint density at radius 3 is 2.55 bits per heavy atom. The van der Waals surface area contributed by atoms with E-state index < -0.39 is 0 Å². The average Bonchev–Trinajstić information content (AvgIpc) is 2.81. The Morgan fingerprint density at radius 2 is 1.95 bits per heavy atom. The molecule has 0 aromatic carbocycles. The van der Waals surface area contributed by atoms with Crippen molar-refractivity contribution in [2.24, 2.45) is 0 Å². The van der Waals surface area contributed by atoms with Crippen molar-refractivity contribution in [2.45, 2.75) is 33.4 Å². The zero-order chi connectivity index (χ0) is 14.5. The van der Waals surface area contributed by atoms with Crippen LogP contribution in [0.5, 0.6) is 6.01 Å². The minimum Gasteiger partial charge on any atom is -0.461 e. The molecule has 7 heteroatoms. The first-order valence-corrected chi connectivity index (χ1v) is 7.38. The van der Waals surface area contributed by atoms with Gasteiger partial charge >= 0.3 is 6.01 Å². The van der Waals surface area contributed by atoms with Crippen LogP contribution in [0.1, 0.15) is 25.0 Å². The Bertz CT molecular complexity index is 570. The SMILES string of the molecule is CNc1nc(NCc2cscc2C)nc(OC(C)C)n1. The van der Waals surface area contributed by atoms with Crippen LogP contribution in [0.25, 0.3) is 0 Å². The summed E-state index contributed by atoms with van der Waals surface area (Å²) in [6.45, 7) is 6.65. The van der Waals surface area contributed by atoms with Gasteiger partial charge in [0.1, 0.15) is 0 Å². The zero-order valence-corrected chi connectivity index (χ0v) is 12.9. The Balaban J connectivity index is 2.12. The average molecular weight is 293 g/mol. The van der Waals surface area contributed by atoms with Crippen LogP contribution in [-0.2, 0) is 6.54 Å². The van der Waals surface area contributed by atoms with Gasteiger partial charge in [0, 0.05) is 13.6 Å². The maximum absolute atomic E-state index is 5.52. The van der Waals surface area contributed by atoms with Gasteiger partial charge < -0.3 is 15.4 Å². The molecule has 0 unspecified atom stereocenters. The van der Waals surface area contributed by atoms with E-state index in [4.69, 9.17) is 4.74 Å². The van der Waals surface area contributed by atoms with Crippen molar-refractivity contribution in [3.63, 3.8) is 0 Å². The number of rotatable bonds is 6. The van der Waals surface area contributed by atoms with E-state index >= 15 is 0 Å². The molecule has 0 saturated carbocycles. The molecular weight excluding hydrogens is 274 g/mol. The molecule has 0 saturated heterocycles. The fourth-order valence-electron chi connectivity index (χ4n) is 1.55. The summed E-state index contributed by atoms with van der Waals surface area (Å²) in [7, 11) is 1.77. The van der Waals surface area contributed by atoms with E-state index in [2.05, 4.69) is 43.3 Å². The van der Waals surface area contributed by atoms with Crippen LogP contribution >= 0.6 is 11.3 Å². The van der Waals surface area contributed by atoms with Crippen molar-refractivity contribution < 1.29 is 4.74 Å². The largest absolute Gasteiger partial charge is 0.461 e. The molecule has 20 heavy (non-hydrogen) atoms. The number of thiophene rings is 1. The Hall–Kier alpha value is -1.89. The molecular formula is C13H19N5OS. The van der Waals surface area contributed by atoms with Gasteiger partial charge in [-0.2, -0.15) is 26.3 Å². The molecule has 0 atom stereocenters. The first kappa shape index (κ1) is 14.5. The van der Waals surface area contributed by atoms with Gasteiger partial charge in [-0.25, -0.2) is 0 Å². The highest BCUT2D eigenvalue weighted by atomic mass is 32.1. The number of hydrogen-bond acceptors (Lipinski definition) is 7. The van der Waals surface area contributed by atoms with Gasteiger partial charge in [0.15, 0.2) is 0 Å². The molecule has 0 fully saturated rings. The van der Waals surface area contributed by atoms with Crippen LogP contribution in [-0.4, -0.2) is 28.1 Å². The molecule has 2 heterocycles. The standard InChI is InChI=1S/C13H19N5OS/c1-8(2)19-13-17-11(14-4)16-12(18-13)15-5-10-7-20-6-9(10)3/h6-8H,5H2,1-4H3,(H2,14,15,16,17,18). The number of nitrogens with zero attached hydrogens (tertiary/aromatic N) is 3. The summed E-state index contributed by atoms with van der Waals surface area (Å²) in [5.74, 6) is 0.991. The summed E-state index contributed by atoms with van der Waals surface area (Å²) in [5, 5.41) is 10.3. The molecule has 0 spiro atoms. The van der Waals surface area contributed by atoms with E-state index in [-0.39, 0.29) is 6.10 Å². The topological polar surface area (TPSA) is 72.0 Å². The molecule has 2 aromatic rings. The van der Waals surface area contributed by atoms with E-state index in [9.17, 15) is 0 Å². The van der Waals surface area contributed by atoms with E-state index in [0.29, 0.717) is 24.5 Å². The predicted octanol–water partition coefficient (Wildman–Crippen LogP) is 2.68. The quantitative estimate of drug-likeness (QED) is 0.853. The van der Waals surface area contributed by atoms with E-state index in [1.165, 1.54) is 11.1 Å². The van der Waals surface area contributed by atoms with Crippen LogP contribution in [0.15, 0.2) is 10.8 Å². The lowest BCUT2D eigenvalue weighted by molar-refractivity contribution is 0.222. The molecule has 0 aliphatic heterocycles. The number of nitrogens with one attached hydrogen (secondary N) is 2. The third kappa shape index (κ3) is 3.80. The van der Waals surface area contributed by atoms with Crippen molar-refractivity contribution in [1.29, 1.82) is 0 Å². The lowest BCUT2D eigenvalue weighted by atomic mass is 10.2. The second kappa shape index (κ2) is 6.51. The van der Waals surface area contributed by atoms with E-state index in [1.54, 1.807) is 18.4 Å². The van der Waals surface area contributed by atoms with Gasteiger partial charge in [-0.15, -0.1) is 0 Å². The summed E-state index contributed by atoms with van der Waals surface area (Å²) in [6, 6.07) is 0.323. The summed E-state index contributed by atoms with van der Waals surface area (Å²) in [5.41, 5.74) is 2.51. The molecule has 2 aromatic heterocycles. The minimum absolute atomic E-state index is 0.0223. The summed E-state index contributed by atoms with van der Waals surface area (Å²) >= 11 is 1.69. The van der Waals surface area contributed by atoms with Crippen molar-refractivity contribution in [1.82, 2.24) is 15.0 Å². The van der Waals surface area contributed by atoms with E-state index in [0.717, 1.165) is 0 Å². The van der Waals surface area contributed by atoms with Gasteiger partial charge in [0.2, 0.25) is 11.9 Å². The second-order valence-corrected chi connectivity index (χ2v) is 5.36. The second-order valence-electron chi connectivity index (χ2n) is 4.62. The van der Waals surface area contributed by atoms with Crippen LogP contribution in [0.3, 0.4) is 0 Å². The van der Waals surface area contributed by atoms with Crippen molar-refractivity contribution in [3.05, 3.63) is 21.9 Å². The lowest BCUT2D eigenvalue weighted by Gasteiger charge is -2.11. The molecule has 0 radical (unpaired) electrons. The Morgan fingerprint density at radius 1 is 1.20 bits per heavy atom. The first-order valence-electron chi connectivity index (χ1n) is 6.44. The molecule has 0 amide bonds. The van der Waals surface area contributed by atoms with Gasteiger partial charge in [-0.3, -0.25) is 0 Å². The number of aromatic nitrogens is 3. The molecule has 108 valence electrons. The van der Waals surface area contributed by atoms with Crippen molar-refractivity contribution >= 4 is 23.2 Å². The maximum atomic E-state index is 5.52. The molecule has 2 N–H and O–H groups in total. The minimum atomic E-state index is 0.0223. The van der Waals surface area contributed by atoms with Crippen LogP contribution in [0.2, 0.25) is 0 Å². The fraction of sp³-hybridized carbons (Fsp3) is 0.462. The summed E-state index contributed by atoms with van der Waals surface area (Å²) < 4.78 is 5.52. The van der Waals surface area contributed by atoms with Gasteiger partial charge in [-0.1, -0.05) is 0 Å². The first-order chi connectivity index (χ1) is 9.58. The van der Waals surface area contributed by atoms with Gasteiger partial charge in [-0.05, 0) is 42.7 Å². The zero-order valence-electron chi connectivity index (χ0n) is 12.1. The van der Waals surface area contributed by atoms with E-state index in [1.807, 2.05) is 13.8 Å². The highest BCUT2D eigenvalue weighted by Gasteiger charge is 2.08. The smallest absolute Gasteiger partial charge is 0.323 e. The summed E-state index contributed by atoms with van der Waals surface area (Å²) in [6.07, 6.45) is 0.0223. The highest BCUT2D eigenvalue weighted by Crippen LogP contribution is 2.16. The number of ether oxygens (including phenoxy) is 1. The van der Waals surface area contributed by atoms with Gasteiger partial charge in [0.25, 0.3) is 0 Å². The van der Waals surface area contributed by atoms with Crippen LogP contribution in [0.4, 0.5) is 11.9 Å². The predicted molar refractivity (Wildman–Crippen MR) is 81.5 cm³/mol. The molecule has 0 aliphatic rings. The number of anilines is 2. The molecule has 0 bridgehead atoms. The Kier molecular flexibility index (Phi) is 4.73. The highest BCUT2D eigenvalue weighted by molar-refractivity contribution is 7.08. The third-order valence-corrected chi connectivity index (χ3v) is 3.49. The van der Waals surface area contributed by atoms with Gasteiger partial charge in [0.05, 0.1) is 6.10 Å². The molecule has 0 aliphatic carbocycles. The lowest BCUT2D eigenvalue weighted by Crippen LogP contribution is -2.13. The normalized spacial score (nSPS) is 10.7. The maximum Gasteiger partial charge on any atom is 0.323 e. The molecule has 6 nitrogen and oxygen atoms in total. The van der Waals surface area contributed by atoms with Crippen molar-refractivity contribution in [2.75, 3.05) is 17.7 Å². The van der Waals surface area contributed by atoms with Crippen LogP contribution < -0.4 is 15.4 Å². The third-order valence-electron chi connectivity index (χ3n) is 2.58.